The highest BCUT2D eigenvalue weighted by atomic mass is 79.9. The molecule has 2 rings (SSSR count). The predicted molar refractivity (Wildman–Crippen MR) is 88.5 cm³/mol. The van der Waals surface area contributed by atoms with Crippen molar-refractivity contribution < 1.29 is 4.79 Å². The summed E-state index contributed by atoms with van der Waals surface area (Å²) < 4.78 is 3.75. The summed E-state index contributed by atoms with van der Waals surface area (Å²) in [5, 5.41) is 0. The van der Waals surface area contributed by atoms with E-state index in [4.69, 9.17) is 12.2 Å². The maximum Gasteiger partial charge on any atom is 0.265 e. The van der Waals surface area contributed by atoms with Gasteiger partial charge in [-0.25, -0.2) is 0 Å². The summed E-state index contributed by atoms with van der Waals surface area (Å²) in [5.74, 6) is -0.251. The van der Waals surface area contributed by atoms with E-state index in [2.05, 4.69) is 15.9 Å². The average molecular weight is 367 g/mol. The molecule has 0 saturated heterocycles. The van der Waals surface area contributed by atoms with Crippen LogP contribution in [0.5, 0.6) is 0 Å². The molecule has 0 spiro atoms. The van der Waals surface area contributed by atoms with Crippen molar-refractivity contribution in [2.75, 3.05) is 0 Å². The summed E-state index contributed by atoms with van der Waals surface area (Å²) in [6.07, 6.45) is 0. The lowest BCUT2D eigenvalue weighted by Gasteiger charge is -2.16. The molecule has 0 saturated carbocycles. The molecule has 0 unspecified atom stereocenters. The third kappa shape index (κ3) is 2.91. The number of aryl methyl sites for hydroxylation is 1. The normalized spacial score (nSPS) is 10.9. The van der Waals surface area contributed by atoms with Crippen molar-refractivity contribution in [3.05, 3.63) is 61.2 Å². The van der Waals surface area contributed by atoms with Crippen LogP contribution in [-0.4, -0.2) is 15.0 Å². The van der Waals surface area contributed by atoms with Gasteiger partial charge in [-0.05, 0) is 61.1 Å². The molecule has 1 aromatic heterocycles. The monoisotopic (exact) mass is 366 g/mol. The van der Waals surface area contributed by atoms with E-state index in [-0.39, 0.29) is 22.3 Å². The number of carbonyl (C=O) groups is 1. The highest BCUT2D eigenvalue weighted by Crippen LogP contribution is 2.18. The van der Waals surface area contributed by atoms with Gasteiger partial charge in [0.2, 0.25) is 0 Å². The Labute approximate surface area is 136 Å². The molecule has 4 nitrogen and oxygen atoms in total. The first kappa shape index (κ1) is 15.9. The zero-order chi connectivity index (χ0) is 15.7. The minimum absolute atomic E-state index is 0.108. The molecule has 0 N–H and O–H groups in total. The molecule has 0 bridgehead atoms. The second-order valence-corrected chi connectivity index (χ2v) is 6.21. The minimum Gasteiger partial charge on any atom is -0.282 e. The van der Waals surface area contributed by atoms with Gasteiger partial charge in [0, 0.05) is 22.3 Å². The molecule has 0 aliphatic heterocycles. The molecule has 0 atom stereocenters. The molecule has 1 aromatic carbocycles. The van der Waals surface area contributed by atoms with Crippen LogP contribution < -0.4 is 5.56 Å². The molecule has 0 radical (unpaired) electrons. The largest absolute Gasteiger partial charge is 0.282 e. The Kier molecular flexibility index (Phi) is 4.58. The maximum absolute atomic E-state index is 12.7. The van der Waals surface area contributed by atoms with Crippen LogP contribution in [0.25, 0.3) is 0 Å². The van der Waals surface area contributed by atoms with E-state index in [1.54, 1.807) is 25.1 Å². The topological polar surface area (TPSA) is 44.0 Å². The number of carbonyl (C=O) groups excluding carboxylic acids is 1. The van der Waals surface area contributed by atoms with Crippen LogP contribution in [0.2, 0.25) is 0 Å². The number of halogens is 1. The van der Waals surface area contributed by atoms with Crippen molar-refractivity contribution in [3.63, 3.8) is 0 Å². The van der Waals surface area contributed by atoms with Gasteiger partial charge in [-0.2, -0.15) is 0 Å². The number of hydrogen-bond donors (Lipinski definition) is 0. The summed E-state index contributed by atoms with van der Waals surface area (Å²) in [4.78, 5) is 24.8. The van der Waals surface area contributed by atoms with Crippen molar-refractivity contribution in [1.29, 1.82) is 0 Å². The second-order valence-electron chi connectivity index (χ2n) is 4.99. The molecular weight excluding hydrogens is 352 g/mol. The molecule has 6 heteroatoms. The number of benzene rings is 1. The summed E-state index contributed by atoms with van der Waals surface area (Å²) in [6, 6.07) is 8.47. The first-order valence-corrected chi connectivity index (χ1v) is 7.69. The van der Waals surface area contributed by atoms with Gasteiger partial charge in [0.25, 0.3) is 11.5 Å². The van der Waals surface area contributed by atoms with Gasteiger partial charge in [0.15, 0.2) is 4.77 Å². The molecular formula is C15H15BrN2O2S. The van der Waals surface area contributed by atoms with Crippen LogP contribution >= 0.6 is 28.1 Å². The van der Waals surface area contributed by atoms with Crippen molar-refractivity contribution in [2.45, 2.75) is 26.8 Å². The fourth-order valence-corrected chi connectivity index (χ4v) is 3.13. The molecule has 21 heavy (non-hydrogen) atoms. The molecule has 0 aliphatic carbocycles. The zero-order valence-electron chi connectivity index (χ0n) is 12.0. The minimum atomic E-state index is -0.251. The molecule has 0 aliphatic rings. The van der Waals surface area contributed by atoms with Crippen molar-refractivity contribution in [2.24, 2.45) is 0 Å². The summed E-state index contributed by atoms with van der Waals surface area (Å²) >= 11 is 8.72. The fraction of sp³-hybridized carbons (Fsp3) is 0.267. The van der Waals surface area contributed by atoms with E-state index in [0.29, 0.717) is 15.7 Å². The molecule has 0 amide bonds. The predicted octanol–water partition coefficient (Wildman–Crippen LogP) is 3.72. The average Bonchev–Trinajstić information content (AvgIpc) is 2.37. The van der Waals surface area contributed by atoms with Crippen molar-refractivity contribution in [3.8, 4) is 0 Å². The molecule has 1 heterocycles. The van der Waals surface area contributed by atoms with E-state index in [1.165, 1.54) is 15.2 Å². The van der Waals surface area contributed by atoms with Gasteiger partial charge in [-0.15, -0.1) is 0 Å². The van der Waals surface area contributed by atoms with Gasteiger partial charge in [0.05, 0.1) is 5.56 Å². The van der Waals surface area contributed by atoms with Gasteiger partial charge in [0.1, 0.15) is 0 Å². The first-order chi connectivity index (χ1) is 9.84. The number of hydrogen-bond acceptors (Lipinski definition) is 3. The summed E-state index contributed by atoms with van der Waals surface area (Å²) in [7, 11) is 0. The third-order valence-electron chi connectivity index (χ3n) is 3.14. The number of nitrogens with zero attached hydrogens (tertiary/aromatic N) is 2. The Morgan fingerprint density at radius 3 is 2.48 bits per heavy atom. The van der Waals surface area contributed by atoms with Crippen molar-refractivity contribution in [1.82, 2.24) is 9.13 Å². The second kappa shape index (κ2) is 6.07. The van der Waals surface area contributed by atoms with Crippen LogP contribution in [0.3, 0.4) is 0 Å². The van der Waals surface area contributed by atoms with Crippen LogP contribution in [-0.2, 0) is 0 Å². The SMILES string of the molecule is Cc1cc(=O)n(C(C)C)c(=S)n1C(=O)c1ccccc1Br. The Hall–Kier alpha value is -1.53. The molecule has 110 valence electrons. The Morgan fingerprint density at radius 1 is 1.29 bits per heavy atom. The van der Waals surface area contributed by atoms with E-state index in [0.717, 1.165) is 0 Å². The quantitative estimate of drug-likeness (QED) is 0.760. The summed E-state index contributed by atoms with van der Waals surface area (Å²) in [6.45, 7) is 5.43. The number of rotatable bonds is 2. The highest BCUT2D eigenvalue weighted by molar-refractivity contribution is 9.10. The van der Waals surface area contributed by atoms with Crippen LogP contribution in [0.1, 0.15) is 35.9 Å². The van der Waals surface area contributed by atoms with Gasteiger partial charge < -0.3 is 0 Å². The Balaban J connectivity index is 2.74. The molecule has 2 aromatic rings. The highest BCUT2D eigenvalue weighted by Gasteiger charge is 2.17. The fourth-order valence-electron chi connectivity index (χ4n) is 2.14. The lowest BCUT2D eigenvalue weighted by Crippen LogP contribution is -2.30. The van der Waals surface area contributed by atoms with E-state index in [9.17, 15) is 9.59 Å². The Morgan fingerprint density at radius 2 is 1.90 bits per heavy atom. The van der Waals surface area contributed by atoms with Crippen LogP contribution in [0.15, 0.2) is 39.6 Å². The summed E-state index contributed by atoms with van der Waals surface area (Å²) in [5.41, 5.74) is 0.844. The lowest BCUT2D eigenvalue weighted by molar-refractivity contribution is 0.0951. The smallest absolute Gasteiger partial charge is 0.265 e. The van der Waals surface area contributed by atoms with E-state index >= 15 is 0 Å². The Bertz CT molecular complexity index is 821. The maximum atomic E-state index is 12.7. The van der Waals surface area contributed by atoms with E-state index < -0.39 is 0 Å². The lowest BCUT2D eigenvalue weighted by atomic mass is 10.2. The van der Waals surface area contributed by atoms with E-state index in [1.807, 2.05) is 19.9 Å². The van der Waals surface area contributed by atoms with Crippen LogP contribution in [0, 0.1) is 11.7 Å². The van der Waals surface area contributed by atoms with Gasteiger partial charge in [-0.1, -0.05) is 12.1 Å². The number of aromatic nitrogens is 2. The van der Waals surface area contributed by atoms with Crippen molar-refractivity contribution >= 4 is 34.1 Å². The van der Waals surface area contributed by atoms with Crippen LogP contribution in [0.4, 0.5) is 0 Å². The standard InChI is InChI=1S/C15H15BrN2O2S/c1-9(2)17-13(19)8-10(3)18(15(17)21)14(20)11-6-4-5-7-12(11)16/h4-9H,1-3H3. The van der Waals surface area contributed by atoms with Gasteiger partial charge >= 0.3 is 0 Å². The first-order valence-electron chi connectivity index (χ1n) is 6.49. The zero-order valence-corrected chi connectivity index (χ0v) is 14.4. The van der Waals surface area contributed by atoms with Gasteiger partial charge in [-0.3, -0.25) is 18.7 Å². The third-order valence-corrected chi connectivity index (χ3v) is 4.21. The molecule has 0 fully saturated rings.